The van der Waals surface area contributed by atoms with E-state index in [1.54, 1.807) is 18.2 Å². The predicted molar refractivity (Wildman–Crippen MR) is 85.2 cm³/mol. The Hall–Kier alpha value is -1.31. The Morgan fingerprint density at radius 2 is 2.24 bits per heavy atom. The second-order valence-electron chi connectivity index (χ2n) is 5.24. The molecule has 2 aromatic rings. The van der Waals surface area contributed by atoms with Crippen molar-refractivity contribution in [2.75, 3.05) is 18.1 Å². The number of oxazole rings is 1. The lowest BCUT2D eigenvalue weighted by molar-refractivity contribution is 0.0311. The number of amides is 1. The van der Waals surface area contributed by atoms with E-state index >= 15 is 0 Å². The predicted octanol–water partition coefficient (Wildman–Crippen LogP) is 2.48. The molecule has 0 radical (unpaired) electrons. The summed E-state index contributed by atoms with van der Waals surface area (Å²) in [5.74, 6) is 1.65. The van der Waals surface area contributed by atoms with Gasteiger partial charge >= 0.3 is 0 Å². The first-order valence-corrected chi connectivity index (χ1v) is 8.33. The van der Waals surface area contributed by atoms with Gasteiger partial charge < -0.3 is 19.8 Å². The Morgan fingerprint density at radius 1 is 1.48 bits per heavy atom. The number of H-pyrrole nitrogens is 1. The molecule has 2 heterocycles. The fourth-order valence-corrected chi connectivity index (χ4v) is 3.81. The Balaban J connectivity index is 1.70. The molecular formula is C14H16N2O3S2. The largest absolute Gasteiger partial charge is 0.429 e. The number of fused-ring (bicyclic) bond motifs is 1. The lowest BCUT2D eigenvalue weighted by Gasteiger charge is -2.31. The van der Waals surface area contributed by atoms with Crippen molar-refractivity contribution >= 4 is 41.0 Å². The van der Waals surface area contributed by atoms with Gasteiger partial charge in [-0.1, -0.05) is 0 Å². The molecule has 112 valence electrons. The number of aromatic amines is 1. The number of carbonyl (C=O) groups excluding carboxylic acids is 1. The van der Waals surface area contributed by atoms with Crippen LogP contribution in [0, 0.1) is 4.84 Å². The quantitative estimate of drug-likeness (QED) is 0.756. The summed E-state index contributed by atoms with van der Waals surface area (Å²) in [5.41, 5.74) is 1.03. The summed E-state index contributed by atoms with van der Waals surface area (Å²) in [6, 6.07) is 5.12. The van der Waals surface area contributed by atoms with E-state index in [1.807, 2.05) is 11.8 Å². The number of rotatable bonds is 3. The van der Waals surface area contributed by atoms with Crippen LogP contribution in [0.25, 0.3) is 11.1 Å². The molecule has 1 aromatic heterocycles. The van der Waals surface area contributed by atoms with E-state index in [0.717, 1.165) is 17.0 Å². The number of nitrogens with one attached hydrogen (secondary N) is 2. The number of carbonyl (C=O) groups is 1. The molecule has 3 rings (SSSR count). The van der Waals surface area contributed by atoms with Gasteiger partial charge in [0.2, 0.25) is 0 Å². The van der Waals surface area contributed by atoms with Crippen LogP contribution in [0.4, 0.5) is 0 Å². The molecule has 0 spiro atoms. The van der Waals surface area contributed by atoms with E-state index in [9.17, 15) is 9.90 Å². The Kier molecular flexibility index (Phi) is 4.05. The minimum Gasteiger partial charge on any atom is -0.429 e. The Labute approximate surface area is 131 Å². The molecule has 7 heteroatoms. The van der Waals surface area contributed by atoms with Crippen LogP contribution in [0.15, 0.2) is 22.6 Å². The third-order valence-electron chi connectivity index (χ3n) is 3.68. The van der Waals surface area contributed by atoms with Crippen molar-refractivity contribution in [2.24, 2.45) is 0 Å². The van der Waals surface area contributed by atoms with Gasteiger partial charge in [0.25, 0.3) is 10.7 Å². The monoisotopic (exact) mass is 324 g/mol. The number of benzene rings is 1. The molecule has 0 bridgehead atoms. The average molecular weight is 324 g/mol. The fourth-order valence-electron chi connectivity index (χ4n) is 2.36. The van der Waals surface area contributed by atoms with Crippen molar-refractivity contribution in [2.45, 2.75) is 18.4 Å². The van der Waals surface area contributed by atoms with Gasteiger partial charge in [0, 0.05) is 12.1 Å². The number of hydrogen-bond donors (Lipinski definition) is 3. The standard InChI is InChI=1S/C14H16N2O3S2/c17-12(15-8-14(18)3-5-21-6-4-14)9-1-2-10-11(7-9)19-13(20)16-10/h1-2,7,18H,3-6,8H2,(H,15,17)(H,16,20). The molecule has 1 saturated heterocycles. The van der Waals surface area contributed by atoms with Crippen LogP contribution in [-0.4, -0.2) is 39.6 Å². The van der Waals surface area contributed by atoms with Crippen molar-refractivity contribution in [3.8, 4) is 0 Å². The maximum Gasteiger partial charge on any atom is 0.266 e. The highest BCUT2D eigenvalue weighted by Gasteiger charge is 2.29. The van der Waals surface area contributed by atoms with E-state index in [0.29, 0.717) is 24.0 Å². The zero-order chi connectivity index (χ0) is 14.9. The van der Waals surface area contributed by atoms with Gasteiger partial charge in [-0.2, -0.15) is 11.8 Å². The van der Waals surface area contributed by atoms with Gasteiger partial charge in [0.1, 0.15) is 0 Å². The Bertz CT molecular complexity index is 716. The normalized spacial score (nSPS) is 17.8. The molecule has 1 amide bonds. The van der Waals surface area contributed by atoms with Crippen LogP contribution in [0.1, 0.15) is 23.2 Å². The first-order chi connectivity index (χ1) is 10.1. The molecule has 1 fully saturated rings. The third-order valence-corrected chi connectivity index (χ3v) is 4.86. The highest BCUT2D eigenvalue weighted by atomic mass is 32.2. The summed E-state index contributed by atoms with van der Waals surface area (Å²) < 4.78 is 5.30. The van der Waals surface area contributed by atoms with Crippen LogP contribution in [0.5, 0.6) is 0 Å². The van der Waals surface area contributed by atoms with Crippen LogP contribution < -0.4 is 5.32 Å². The van der Waals surface area contributed by atoms with Gasteiger partial charge in [0.15, 0.2) is 5.58 Å². The molecule has 0 aliphatic carbocycles. The second kappa shape index (κ2) is 5.82. The molecule has 1 aliphatic heterocycles. The zero-order valence-electron chi connectivity index (χ0n) is 11.3. The SMILES string of the molecule is O=C(NCC1(O)CCSCC1)c1ccc2[nH]c(=S)oc2c1. The first-order valence-electron chi connectivity index (χ1n) is 6.77. The van der Waals surface area contributed by atoms with Gasteiger partial charge in [-0.05, 0) is 54.8 Å². The van der Waals surface area contributed by atoms with Crippen molar-refractivity contribution in [3.63, 3.8) is 0 Å². The highest BCUT2D eigenvalue weighted by Crippen LogP contribution is 2.26. The van der Waals surface area contributed by atoms with Gasteiger partial charge in [0.05, 0.1) is 11.1 Å². The molecule has 21 heavy (non-hydrogen) atoms. The summed E-state index contributed by atoms with van der Waals surface area (Å²) in [4.78, 5) is 15.4. The van der Waals surface area contributed by atoms with Crippen molar-refractivity contribution in [1.29, 1.82) is 0 Å². The first kappa shape index (κ1) is 14.6. The third kappa shape index (κ3) is 3.30. The summed E-state index contributed by atoms with van der Waals surface area (Å²) in [6.07, 6.45) is 1.42. The van der Waals surface area contributed by atoms with Crippen LogP contribution in [-0.2, 0) is 0 Å². The van der Waals surface area contributed by atoms with Crippen molar-refractivity contribution < 1.29 is 14.3 Å². The minimum atomic E-state index is -0.780. The van der Waals surface area contributed by atoms with E-state index < -0.39 is 5.60 Å². The maximum absolute atomic E-state index is 12.2. The molecule has 0 atom stereocenters. The van der Waals surface area contributed by atoms with Crippen molar-refractivity contribution in [3.05, 3.63) is 28.6 Å². The van der Waals surface area contributed by atoms with E-state index in [-0.39, 0.29) is 17.3 Å². The average Bonchev–Trinajstić information content (AvgIpc) is 2.84. The van der Waals surface area contributed by atoms with E-state index in [1.165, 1.54) is 0 Å². The molecule has 0 unspecified atom stereocenters. The van der Waals surface area contributed by atoms with Crippen LogP contribution in [0.2, 0.25) is 0 Å². The van der Waals surface area contributed by atoms with E-state index in [4.69, 9.17) is 16.6 Å². The molecule has 0 saturated carbocycles. The number of aromatic nitrogens is 1. The molecule has 3 N–H and O–H groups in total. The molecule has 5 nitrogen and oxygen atoms in total. The topological polar surface area (TPSA) is 78.3 Å². The Morgan fingerprint density at radius 3 is 3.00 bits per heavy atom. The van der Waals surface area contributed by atoms with Crippen LogP contribution in [0.3, 0.4) is 0 Å². The summed E-state index contributed by atoms with van der Waals surface area (Å²) in [5, 5.41) is 13.2. The van der Waals surface area contributed by atoms with Gasteiger partial charge in [-0.15, -0.1) is 0 Å². The fraction of sp³-hybridized carbons (Fsp3) is 0.429. The van der Waals surface area contributed by atoms with Crippen LogP contribution >= 0.6 is 24.0 Å². The smallest absolute Gasteiger partial charge is 0.266 e. The molecule has 1 aliphatic rings. The van der Waals surface area contributed by atoms with Crippen molar-refractivity contribution in [1.82, 2.24) is 10.3 Å². The van der Waals surface area contributed by atoms with Gasteiger partial charge in [-0.3, -0.25) is 4.79 Å². The summed E-state index contributed by atoms with van der Waals surface area (Å²) in [6.45, 7) is 0.279. The highest BCUT2D eigenvalue weighted by molar-refractivity contribution is 7.99. The van der Waals surface area contributed by atoms with Gasteiger partial charge in [-0.25, -0.2) is 0 Å². The maximum atomic E-state index is 12.2. The second-order valence-corrected chi connectivity index (χ2v) is 6.84. The lowest BCUT2D eigenvalue weighted by Crippen LogP contribution is -2.45. The summed E-state index contributed by atoms with van der Waals surface area (Å²) in [7, 11) is 0. The minimum absolute atomic E-state index is 0.217. The van der Waals surface area contributed by atoms with E-state index in [2.05, 4.69) is 10.3 Å². The molecule has 1 aromatic carbocycles. The lowest BCUT2D eigenvalue weighted by atomic mass is 9.97. The number of aliphatic hydroxyl groups is 1. The summed E-state index contributed by atoms with van der Waals surface area (Å²) >= 11 is 6.75. The zero-order valence-corrected chi connectivity index (χ0v) is 13.0. The number of thioether (sulfide) groups is 1. The number of hydrogen-bond acceptors (Lipinski definition) is 5. The molecular weight excluding hydrogens is 308 g/mol.